The Morgan fingerprint density at radius 1 is 1.21 bits per heavy atom. The topological polar surface area (TPSA) is 54.9 Å². The van der Waals surface area contributed by atoms with E-state index < -0.39 is 17.8 Å². The second-order valence-corrected chi connectivity index (χ2v) is 5.84. The molecule has 126 valence electrons. The van der Waals surface area contributed by atoms with Crippen molar-refractivity contribution < 1.29 is 18.0 Å². The summed E-state index contributed by atoms with van der Waals surface area (Å²) in [6, 6.07) is 7.15. The maximum absolute atomic E-state index is 12.6. The molecular weight excluding hydrogens is 319 g/mol. The minimum atomic E-state index is -4.52. The molecule has 1 fully saturated rings. The van der Waals surface area contributed by atoms with Gasteiger partial charge in [0.2, 0.25) is 5.91 Å². The highest BCUT2D eigenvalue weighted by Crippen LogP contribution is 2.36. The summed E-state index contributed by atoms with van der Waals surface area (Å²) >= 11 is 0. The molecule has 4 nitrogen and oxygen atoms in total. The first kappa shape index (κ1) is 16.4. The fourth-order valence-electron chi connectivity index (χ4n) is 2.55. The van der Waals surface area contributed by atoms with E-state index in [-0.39, 0.29) is 12.1 Å². The average Bonchev–Trinajstić information content (AvgIpc) is 2.47. The normalized spacial score (nSPS) is 15.0. The minimum absolute atomic E-state index is 0.0633. The fourth-order valence-corrected chi connectivity index (χ4v) is 2.55. The van der Waals surface area contributed by atoms with Crippen molar-refractivity contribution in [2.75, 3.05) is 5.32 Å². The molecular formula is C17H16F3N3O. The van der Waals surface area contributed by atoms with Crippen molar-refractivity contribution in [1.82, 2.24) is 9.97 Å². The number of carbonyl (C=O) groups is 1. The molecule has 1 aliphatic carbocycles. The zero-order valence-corrected chi connectivity index (χ0v) is 12.8. The fraction of sp³-hybridized carbons (Fsp3) is 0.353. The van der Waals surface area contributed by atoms with Crippen LogP contribution < -0.4 is 5.32 Å². The lowest BCUT2D eigenvalue weighted by Crippen LogP contribution is -2.17. The third-order valence-corrected chi connectivity index (χ3v) is 4.07. The quantitative estimate of drug-likeness (QED) is 0.921. The van der Waals surface area contributed by atoms with Crippen LogP contribution in [0.1, 0.15) is 42.1 Å². The van der Waals surface area contributed by atoms with Crippen LogP contribution in [0.3, 0.4) is 0 Å². The Hall–Kier alpha value is -2.44. The third-order valence-electron chi connectivity index (χ3n) is 4.07. The van der Waals surface area contributed by atoms with E-state index in [0.717, 1.165) is 24.5 Å². The van der Waals surface area contributed by atoms with Gasteiger partial charge in [-0.05, 0) is 42.5 Å². The highest BCUT2D eigenvalue weighted by molar-refractivity contribution is 5.91. The van der Waals surface area contributed by atoms with Crippen LogP contribution in [0.5, 0.6) is 0 Å². The molecule has 0 aliphatic heterocycles. The number of hydrogen-bond donors (Lipinski definition) is 1. The highest BCUT2D eigenvalue weighted by Gasteiger charge is 2.32. The molecule has 0 bridgehead atoms. The largest absolute Gasteiger partial charge is 0.433 e. The molecule has 1 aliphatic rings. The number of nitrogens with zero attached hydrogens (tertiary/aromatic N) is 2. The molecule has 2 heterocycles. The van der Waals surface area contributed by atoms with Crippen molar-refractivity contribution in [2.45, 2.75) is 37.8 Å². The summed E-state index contributed by atoms with van der Waals surface area (Å²) in [7, 11) is 0. The van der Waals surface area contributed by atoms with Crippen molar-refractivity contribution in [2.24, 2.45) is 0 Å². The molecule has 3 rings (SSSR count). The number of nitrogens with one attached hydrogen (secondary N) is 1. The van der Waals surface area contributed by atoms with Gasteiger partial charge in [-0.1, -0.05) is 18.6 Å². The standard InChI is InChI=1S/C17H16F3N3O/c18-17(19,20)14-6-2-5-13(22-14)9-16(24)23-15-8-7-12(10-21-15)11-3-1-4-11/h2,5-8,10-11H,1,3-4,9H2,(H,21,23,24). The predicted octanol–water partition coefficient (Wildman–Crippen LogP) is 3.94. The second-order valence-electron chi connectivity index (χ2n) is 5.84. The monoisotopic (exact) mass is 335 g/mol. The van der Waals surface area contributed by atoms with E-state index in [2.05, 4.69) is 15.3 Å². The molecule has 0 aromatic carbocycles. The summed E-state index contributed by atoms with van der Waals surface area (Å²) in [6.07, 6.45) is 0.527. The van der Waals surface area contributed by atoms with Crippen LogP contribution in [-0.2, 0) is 17.4 Å². The van der Waals surface area contributed by atoms with Gasteiger partial charge >= 0.3 is 6.18 Å². The first-order valence-corrected chi connectivity index (χ1v) is 7.71. The highest BCUT2D eigenvalue weighted by atomic mass is 19.4. The first-order valence-electron chi connectivity index (χ1n) is 7.71. The Morgan fingerprint density at radius 2 is 2.00 bits per heavy atom. The van der Waals surface area contributed by atoms with Gasteiger partial charge in [-0.15, -0.1) is 0 Å². The van der Waals surface area contributed by atoms with Crippen LogP contribution in [0.15, 0.2) is 36.5 Å². The summed E-state index contributed by atoms with van der Waals surface area (Å²) in [6.45, 7) is 0. The Bertz CT molecular complexity index is 725. The molecule has 0 saturated heterocycles. The Kier molecular flexibility index (Phi) is 4.51. The van der Waals surface area contributed by atoms with E-state index in [9.17, 15) is 18.0 Å². The van der Waals surface area contributed by atoms with Gasteiger partial charge in [0.05, 0.1) is 12.1 Å². The first-order chi connectivity index (χ1) is 11.4. The summed E-state index contributed by atoms with van der Waals surface area (Å²) in [5, 5.41) is 2.58. The number of alkyl halides is 3. The van der Waals surface area contributed by atoms with Crippen molar-refractivity contribution in [3.05, 3.63) is 53.5 Å². The number of amides is 1. The van der Waals surface area contributed by atoms with Gasteiger partial charge in [-0.25, -0.2) is 9.97 Å². The Labute approximate surface area is 137 Å². The maximum Gasteiger partial charge on any atom is 0.433 e. The Balaban J connectivity index is 1.61. The van der Waals surface area contributed by atoms with E-state index in [1.54, 1.807) is 12.3 Å². The van der Waals surface area contributed by atoms with Gasteiger partial charge in [0.25, 0.3) is 0 Å². The van der Waals surface area contributed by atoms with Crippen LogP contribution in [0.25, 0.3) is 0 Å². The van der Waals surface area contributed by atoms with E-state index in [1.807, 2.05) is 6.07 Å². The molecule has 1 N–H and O–H groups in total. The minimum Gasteiger partial charge on any atom is -0.310 e. The average molecular weight is 335 g/mol. The van der Waals surface area contributed by atoms with Crippen LogP contribution in [0.2, 0.25) is 0 Å². The number of hydrogen-bond acceptors (Lipinski definition) is 3. The number of halogens is 3. The molecule has 1 amide bonds. The molecule has 2 aromatic rings. The van der Waals surface area contributed by atoms with Crippen LogP contribution in [0, 0.1) is 0 Å². The Morgan fingerprint density at radius 3 is 2.58 bits per heavy atom. The second kappa shape index (κ2) is 6.59. The zero-order valence-electron chi connectivity index (χ0n) is 12.8. The van der Waals surface area contributed by atoms with E-state index in [0.29, 0.717) is 11.7 Å². The maximum atomic E-state index is 12.6. The van der Waals surface area contributed by atoms with Crippen molar-refractivity contribution in [1.29, 1.82) is 0 Å². The SMILES string of the molecule is O=C(Cc1cccc(C(F)(F)F)n1)Nc1ccc(C2CCC2)cn1. The van der Waals surface area contributed by atoms with Gasteiger partial charge in [0, 0.05) is 6.20 Å². The smallest absolute Gasteiger partial charge is 0.310 e. The molecule has 0 atom stereocenters. The van der Waals surface area contributed by atoms with Gasteiger partial charge in [-0.3, -0.25) is 4.79 Å². The lowest BCUT2D eigenvalue weighted by atomic mass is 9.81. The van der Waals surface area contributed by atoms with Crippen molar-refractivity contribution >= 4 is 11.7 Å². The van der Waals surface area contributed by atoms with Crippen molar-refractivity contribution in [3.63, 3.8) is 0 Å². The van der Waals surface area contributed by atoms with Crippen LogP contribution in [-0.4, -0.2) is 15.9 Å². The molecule has 7 heteroatoms. The van der Waals surface area contributed by atoms with E-state index >= 15 is 0 Å². The van der Waals surface area contributed by atoms with Crippen molar-refractivity contribution in [3.8, 4) is 0 Å². The van der Waals surface area contributed by atoms with Crippen LogP contribution in [0.4, 0.5) is 19.0 Å². The van der Waals surface area contributed by atoms with Gasteiger partial charge < -0.3 is 5.32 Å². The number of aromatic nitrogens is 2. The van der Waals surface area contributed by atoms with Gasteiger partial charge in [0.1, 0.15) is 11.5 Å². The lowest BCUT2D eigenvalue weighted by Gasteiger charge is -2.25. The molecule has 2 aromatic heterocycles. The zero-order chi connectivity index (χ0) is 17.2. The molecule has 24 heavy (non-hydrogen) atoms. The number of anilines is 1. The summed E-state index contributed by atoms with van der Waals surface area (Å²) in [4.78, 5) is 19.6. The molecule has 1 saturated carbocycles. The van der Waals surface area contributed by atoms with E-state index in [4.69, 9.17) is 0 Å². The summed E-state index contributed by atoms with van der Waals surface area (Å²) < 4.78 is 37.8. The molecule has 0 spiro atoms. The predicted molar refractivity (Wildman–Crippen MR) is 82.4 cm³/mol. The van der Waals surface area contributed by atoms with Gasteiger partial charge in [0.15, 0.2) is 0 Å². The molecule has 0 radical (unpaired) electrons. The summed E-state index contributed by atoms with van der Waals surface area (Å²) in [5.74, 6) is 0.484. The number of carbonyl (C=O) groups excluding carboxylic acids is 1. The van der Waals surface area contributed by atoms with Gasteiger partial charge in [-0.2, -0.15) is 13.2 Å². The summed E-state index contributed by atoms with van der Waals surface area (Å²) in [5.41, 5.74) is 0.211. The third kappa shape index (κ3) is 3.90. The lowest BCUT2D eigenvalue weighted by molar-refractivity contribution is -0.141. The van der Waals surface area contributed by atoms with E-state index in [1.165, 1.54) is 18.6 Å². The number of rotatable bonds is 4. The molecule has 0 unspecified atom stereocenters. The number of pyridine rings is 2. The van der Waals surface area contributed by atoms with Crippen LogP contribution >= 0.6 is 0 Å².